The molecule has 2 N–H and O–H groups in total. The van der Waals surface area contributed by atoms with Gasteiger partial charge in [-0.1, -0.05) is 49.7 Å². The zero-order chi connectivity index (χ0) is 20.8. The Morgan fingerprint density at radius 2 is 1.86 bits per heavy atom. The molecule has 2 aromatic carbocycles. The van der Waals surface area contributed by atoms with E-state index in [0.29, 0.717) is 28.8 Å². The Morgan fingerprint density at radius 1 is 1.14 bits per heavy atom. The van der Waals surface area contributed by atoms with Crippen LogP contribution in [0, 0.1) is 5.92 Å². The molecule has 0 aliphatic heterocycles. The SMILES string of the molecule is CC(C)CCNc1nc(=O)n(CC(=O)NCc2ccc(Cl)cc2)c2ccccc12. The maximum absolute atomic E-state index is 12.6. The number of carbonyl (C=O) groups excluding carboxylic acids is 1. The van der Waals surface area contributed by atoms with Gasteiger partial charge in [0, 0.05) is 23.5 Å². The number of rotatable bonds is 8. The van der Waals surface area contributed by atoms with Crippen LogP contribution in [0.5, 0.6) is 0 Å². The molecule has 0 atom stereocenters. The van der Waals surface area contributed by atoms with Crippen LogP contribution in [0.1, 0.15) is 25.8 Å². The Labute approximate surface area is 174 Å². The van der Waals surface area contributed by atoms with Gasteiger partial charge in [-0.2, -0.15) is 4.98 Å². The van der Waals surface area contributed by atoms with Crippen LogP contribution in [0.15, 0.2) is 53.3 Å². The van der Waals surface area contributed by atoms with E-state index >= 15 is 0 Å². The minimum atomic E-state index is -0.447. The van der Waals surface area contributed by atoms with Crippen LogP contribution < -0.4 is 16.3 Å². The lowest BCUT2D eigenvalue weighted by Crippen LogP contribution is -2.33. The second kappa shape index (κ2) is 9.56. The van der Waals surface area contributed by atoms with Crippen LogP contribution in [-0.2, 0) is 17.9 Å². The van der Waals surface area contributed by atoms with Gasteiger partial charge < -0.3 is 10.6 Å². The fourth-order valence-corrected chi connectivity index (χ4v) is 3.12. The number of aromatic nitrogens is 2. The maximum Gasteiger partial charge on any atom is 0.350 e. The first-order valence-corrected chi connectivity index (χ1v) is 10.1. The molecule has 1 heterocycles. The highest BCUT2D eigenvalue weighted by molar-refractivity contribution is 6.30. The molecule has 0 aliphatic carbocycles. The third kappa shape index (κ3) is 5.57. The molecule has 6 nitrogen and oxygen atoms in total. The topological polar surface area (TPSA) is 76.0 Å². The van der Waals surface area contributed by atoms with Crippen LogP contribution in [-0.4, -0.2) is 22.0 Å². The first-order chi connectivity index (χ1) is 13.9. The average molecular weight is 413 g/mol. The van der Waals surface area contributed by atoms with Gasteiger partial charge in [-0.15, -0.1) is 0 Å². The van der Waals surface area contributed by atoms with Crippen LogP contribution in [0.4, 0.5) is 5.82 Å². The zero-order valence-corrected chi connectivity index (χ0v) is 17.4. The molecule has 0 unspecified atom stereocenters. The van der Waals surface area contributed by atoms with Gasteiger partial charge in [0.1, 0.15) is 12.4 Å². The van der Waals surface area contributed by atoms with Gasteiger partial charge in [-0.3, -0.25) is 9.36 Å². The highest BCUT2D eigenvalue weighted by atomic mass is 35.5. The minimum absolute atomic E-state index is 0.0911. The lowest BCUT2D eigenvalue weighted by atomic mass is 10.1. The van der Waals surface area contributed by atoms with Crippen molar-refractivity contribution in [2.45, 2.75) is 33.4 Å². The number of fused-ring (bicyclic) bond motifs is 1. The number of carbonyl (C=O) groups is 1. The number of nitrogens with zero attached hydrogens (tertiary/aromatic N) is 2. The summed E-state index contributed by atoms with van der Waals surface area (Å²) < 4.78 is 1.40. The summed E-state index contributed by atoms with van der Waals surface area (Å²) in [6.45, 7) is 5.30. The molecule has 1 aromatic heterocycles. The highest BCUT2D eigenvalue weighted by Gasteiger charge is 2.13. The second-order valence-electron chi connectivity index (χ2n) is 7.36. The first kappa shape index (κ1) is 20.9. The molecule has 152 valence electrons. The largest absolute Gasteiger partial charge is 0.369 e. The number of halogens is 1. The average Bonchev–Trinajstić information content (AvgIpc) is 2.70. The molecular formula is C22H25ClN4O2. The van der Waals surface area contributed by atoms with E-state index < -0.39 is 5.69 Å². The third-order valence-electron chi connectivity index (χ3n) is 4.61. The molecule has 0 bridgehead atoms. The Morgan fingerprint density at radius 3 is 2.59 bits per heavy atom. The maximum atomic E-state index is 12.6. The standard InChI is InChI=1S/C22H25ClN4O2/c1-15(2)11-12-24-21-18-5-3-4-6-19(18)27(22(29)26-21)14-20(28)25-13-16-7-9-17(23)10-8-16/h3-10,15H,11-14H2,1-2H3,(H,25,28)(H,24,26,29). The summed E-state index contributed by atoms with van der Waals surface area (Å²) in [5, 5.41) is 7.56. The summed E-state index contributed by atoms with van der Waals surface area (Å²) in [7, 11) is 0. The van der Waals surface area contributed by atoms with Gasteiger partial charge in [-0.05, 0) is 42.2 Å². The number of para-hydroxylation sites is 1. The van der Waals surface area contributed by atoms with Crippen molar-refractivity contribution in [1.29, 1.82) is 0 Å². The van der Waals surface area contributed by atoms with Gasteiger partial charge in [0.2, 0.25) is 5.91 Å². The van der Waals surface area contributed by atoms with Crippen molar-refractivity contribution in [2.24, 2.45) is 5.92 Å². The second-order valence-corrected chi connectivity index (χ2v) is 7.80. The molecule has 3 rings (SSSR count). The predicted octanol–water partition coefficient (Wildman–Crippen LogP) is 3.82. The van der Waals surface area contributed by atoms with Crippen molar-refractivity contribution in [1.82, 2.24) is 14.9 Å². The van der Waals surface area contributed by atoms with E-state index in [9.17, 15) is 9.59 Å². The van der Waals surface area contributed by atoms with Crippen molar-refractivity contribution >= 4 is 34.2 Å². The summed E-state index contributed by atoms with van der Waals surface area (Å²) in [5.41, 5.74) is 1.17. The van der Waals surface area contributed by atoms with E-state index in [1.807, 2.05) is 36.4 Å². The monoisotopic (exact) mass is 412 g/mol. The Kier molecular flexibility index (Phi) is 6.88. The molecule has 0 spiro atoms. The summed E-state index contributed by atoms with van der Waals surface area (Å²) >= 11 is 5.88. The van der Waals surface area contributed by atoms with Crippen LogP contribution >= 0.6 is 11.6 Å². The van der Waals surface area contributed by atoms with Crippen molar-refractivity contribution in [3.8, 4) is 0 Å². The molecule has 3 aromatic rings. The van der Waals surface area contributed by atoms with Gasteiger partial charge in [-0.25, -0.2) is 4.79 Å². The van der Waals surface area contributed by atoms with E-state index in [1.54, 1.807) is 12.1 Å². The molecule has 0 fully saturated rings. The van der Waals surface area contributed by atoms with Crippen molar-refractivity contribution in [2.75, 3.05) is 11.9 Å². The van der Waals surface area contributed by atoms with Crippen molar-refractivity contribution < 1.29 is 4.79 Å². The number of hydrogen-bond donors (Lipinski definition) is 2. The summed E-state index contributed by atoms with van der Waals surface area (Å²) in [6.07, 6.45) is 0.978. The molecule has 0 saturated heterocycles. The zero-order valence-electron chi connectivity index (χ0n) is 16.6. The van der Waals surface area contributed by atoms with E-state index in [1.165, 1.54) is 4.57 Å². The van der Waals surface area contributed by atoms with Crippen molar-refractivity contribution in [3.05, 3.63) is 69.6 Å². The number of anilines is 1. The van der Waals surface area contributed by atoms with Crippen LogP contribution in [0.2, 0.25) is 5.02 Å². The summed E-state index contributed by atoms with van der Waals surface area (Å²) in [5.74, 6) is 0.858. The van der Waals surface area contributed by atoms with Gasteiger partial charge in [0.15, 0.2) is 0 Å². The predicted molar refractivity (Wildman–Crippen MR) is 117 cm³/mol. The highest BCUT2D eigenvalue weighted by Crippen LogP contribution is 2.19. The molecule has 0 saturated carbocycles. The number of amides is 1. The summed E-state index contributed by atoms with van der Waals surface area (Å²) in [4.78, 5) is 29.2. The van der Waals surface area contributed by atoms with Crippen molar-refractivity contribution in [3.63, 3.8) is 0 Å². The Bertz CT molecular complexity index is 1040. The lowest BCUT2D eigenvalue weighted by Gasteiger charge is -2.14. The Hall–Kier alpha value is -2.86. The molecule has 7 heteroatoms. The number of hydrogen-bond acceptors (Lipinski definition) is 4. The molecule has 0 radical (unpaired) electrons. The smallest absolute Gasteiger partial charge is 0.350 e. The third-order valence-corrected chi connectivity index (χ3v) is 4.86. The van der Waals surface area contributed by atoms with Gasteiger partial charge >= 0.3 is 5.69 Å². The van der Waals surface area contributed by atoms with E-state index in [2.05, 4.69) is 29.5 Å². The van der Waals surface area contributed by atoms with E-state index in [0.717, 1.165) is 23.9 Å². The minimum Gasteiger partial charge on any atom is -0.369 e. The van der Waals surface area contributed by atoms with E-state index in [4.69, 9.17) is 11.6 Å². The van der Waals surface area contributed by atoms with E-state index in [-0.39, 0.29) is 12.5 Å². The van der Waals surface area contributed by atoms with Crippen LogP contribution in [0.3, 0.4) is 0 Å². The molecule has 1 amide bonds. The quantitative estimate of drug-likeness (QED) is 0.589. The molecule has 29 heavy (non-hydrogen) atoms. The lowest BCUT2D eigenvalue weighted by molar-refractivity contribution is -0.121. The molecule has 0 aliphatic rings. The van der Waals surface area contributed by atoms with Crippen LogP contribution in [0.25, 0.3) is 10.9 Å². The fraction of sp³-hybridized carbons (Fsp3) is 0.318. The van der Waals surface area contributed by atoms with Gasteiger partial charge in [0.25, 0.3) is 0 Å². The number of benzene rings is 2. The molecular weight excluding hydrogens is 388 g/mol. The number of nitrogens with one attached hydrogen (secondary N) is 2. The normalized spacial score (nSPS) is 11.0. The Balaban J connectivity index is 1.76. The fourth-order valence-electron chi connectivity index (χ4n) is 3.00. The summed E-state index contributed by atoms with van der Waals surface area (Å²) in [6, 6.07) is 14.7. The van der Waals surface area contributed by atoms with Gasteiger partial charge in [0.05, 0.1) is 5.52 Å². The first-order valence-electron chi connectivity index (χ1n) is 9.68.